The molecule has 2 aliphatic rings. The Balaban J connectivity index is 1.91. The van der Waals surface area contributed by atoms with Crippen molar-refractivity contribution in [2.75, 3.05) is 0 Å². The van der Waals surface area contributed by atoms with Crippen LogP contribution < -0.4 is 11.1 Å². The molecule has 5 heteroatoms. The Morgan fingerprint density at radius 3 is 2.29 bits per heavy atom. The van der Waals surface area contributed by atoms with E-state index in [0.29, 0.717) is 6.42 Å². The summed E-state index contributed by atoms with van der Waals surface area (Å²) in [5, 5.41) is 11.9. The predicted molar refractivity (Wildman–Crippen MR) is 62.2 cm³/mol. The zero-order valence-electron chi connectivity index (χ0n) is 9.89. The molecule has 0 aromatic rings. The van der Waals surface area contributed by atoms with Crippen LogP contribution in [0, 0.1) is 11.8 Å². The first kappa shape index (κ1) is 12.4. The van der Waals surface area contributed by atoms with Crippen molar-refractivity contribution in [2.45, 2.75) is 50.6 Å². The van der Waals surface area contributed by atoms with Crippen LogP contribution in [-0.4, -0.2) is 29.1 Å². The second-order valence-corrected chi connectivity index (χ2v) is 5.19. The molecule has 0 aromatic carbocycles. The fraction of sp³-hybridized carbons (Fsp3) is 0.833. The molecule has 2 saturated carbocycles. The Morgan fingerprint density at radius 2 is 1.71 bits per heavy atom. The van der Waals surface area contributed by atoms with E-state index < -0.39 is 11.9 Å². The molecule has 0 bridgehead atoms. The average Bonchev–Trinajstić information content (AvgIpc) is 2.86. The molecule has 4 atom stereocenters. The SMILES string of the molecule is NC1CCCC1C(=O)NC1CCCC1C(=O)O. The molecular weight excluding hydrogens is 220 g/mol. The number of nitrogens with two attached hydrogens (primary N) is 1. The number of nitrogens with one attached hydrogen (secondary N) is 1. The van der Waals surface area contributed by atoms with Crippen LogP contribution in [0.2, 0.25) is 0 Å². The second kappa shape index (κ2) is 5.04. The van der Waals surface area contributed by atoms with Crippen molar-refractivity contribution in [3.05, 3.63) is 0 Å². The average molecular weight is 240 g/mol. The first-order valence-corrected chi connectivity index (χ1v) is 6.38. The summed E-state index contributed by atoms with van der Waals surface area (Å²) in [5.74, 6) is -1.39. The maximum absolute atomic E-state index is 12.0. The summed E-state index contributed by atoms with van der Waals surface area (Å²) >= 11 is 0. The minimum Gasteiger partial charge on any atom is -0.481 e. The van der Waals surface area contributed by atoms with Crippen LogP contribution in [-0.2, 0) is 9.59 Å². The molecule has 0 aromatic heterocycles. The van der Waals surface area contributed by atoms with Crippen LogP contribution in [0.15, 0.2) is 0 Å². The van der Waals surface area contributed by atoms with Crippen LogP contribution >= 0.6 is 0 Å². The number of aliphatic carboxylic acids is 1. The topological polar surface area (TPSA) is 92.4 Å². The van der Waals surface area contributed by atoms with Gasteiger partial charge < -0.3 is 16.2 Å². The summed E-state index contributed by atoms with van der Waals surface area (Å²) in [6.45, 7) is 0. The lowest BCUT2D eigenvalue weighted by molar-refractivity contribution is -0.142. The second-order valence-electron chi connectivity index (χ2n) is 5.19. The number of hydrogen-bond donors (Lipinski definition) is 3. The van der Waals surface area contributed by atoms with Crippen LogP contribution in [0.1, 0.15) is 38.5 Å². The number of rotatable bonds is 3. The highest BCUT2D eigenvalue weighted by molar-refractivity contribution is 5.81. The fourth-order valence-electron chi connectivity index (χ4n) is 3.03. The van der Waals surface area contributed by atoms with E-state index in [0.717, 1.165) is 32.1 Å². The van der Waals surface area contributed by atoms with E-state index in [2.05, 4.69) is 5.32 Å². The molecule has 0 heterocycles. The Bertz CT molecular complexity index is 319. The Labute approximate surface area is 101 Å². The lowest BCUT2D eigenvalue weighted by Gasteiger charge is -2.21. The molecule has 2 fully saturated rings. The summed E-state index contributed by atoms with van der Waals surface area (Å²) in [6, 6.07) is -0.257. The van der Waals surface area contributed by atoms with Gasteiger partial charge in [0.25, 0.3) is 0 Å². The first-order chi connectivity index (χ1) is 8.09. The summed E-state index contributed by atoms with van der Waals surface area (Å²) < 4.78 is 0. The molecule has 0 spiro atoms. The maximum atomic E-state index is 12.0. The molecule has 0 aliphatic heterocycles. The minimum absolute atomic E-state index is 0.0480. The summed E-state index contributed by atoms with van der Waals surface area (Å²) in [6.07, 6.45) is 5.02. The highest BCUT2D eigenvalue weighted by Gasteiger charge is 2.37. The lowest BCUT2D eigenvalue weighted by Crippen LogP contribution is -2.46. The van der Waals surface area contributed by atoms with Crippen molar-refractivity contribution in [3.8, 4) is 0 Å². The van der Waals surface area contributed by atoms with Crippen molar-refractivity contribution in [2.24, 2.45) is 17.6 Å². The largest absolute Gasteiger partial charge is 0.481 e. The van der Waals surface area contributed by atoms with Gasteiger partial charge >= 0.3 is 5.97 Å². The van der Waals surface area contributed by atoms with Gasteiger partial charge in [-0.25, -0.2) is 0 Å². The van der Waals surface area contributed by atoms with E-state index in [4.69, 9.17) is 10.8 Å². The van der Waals surface area contributed by atoms with Crippen molar-refractivity contribution in [3.63, 3.8) is 0 Å². The highest BCUT2D eigenvalue weighted by atomic mass is 16.4. The number of carbonyl (C=O) groups is 2. The van der Waals surface area contributed by atoms with E-state index in [9.17, 15) is 9.59 Å². The molecule has 0 saturated heterocycles. The van der Waals surface area contributed by atoms with E-state index >= 15 is 0 Å². The molecule has 2 aliphatic carbocycles. The monoisotopic (exact) mass is 240 g/mol. The van der Waals surface area contributed by atoms with Gasteiger partial charge in [-0.15, -0.1) is 0 Å². The van der Waals surface area contributed by atoms with Gasteiger partial charge in [-0.1, -0.05) is 12.8 Å². The van der Waals surface area contributed by atoms with E-state index in [1.165, 1.54) is 0 Å². The molecular formula is C12H20N2O3. The molecule has 5 nitrogen and oxygen atoms in total. The number of amides is 1. The standard InChI is InChI=1S/C12H20N2O3/c13-9-5-1-3-7(9)11(15)14-10-6-2-4-8(10)12(16)17/h7-10H,1-6,13H2,(H,14,15)(H,16,17). The third-order valence-corrected chi connectivity index (χ3v) is 4.07. The minimum atomic E-state index is -0.802. The normalized spacial score (nSPS) is 37.0. The summed E-state index contributed by atoms with van der Waals surface area (Å²) in [4.78, 5) is 23.0. The molecule has 1 amide bonds. The van der Waals surface area contributed by atoms with E-state index in [-0.39, 0.29) is 23.9 Å². The van der Waals surface area contributed by atoms with Gasteiger partial charge in [-0.05, 0) is 25.7 Å². The maximum Gasteiger partial charge on any atom is 0.308 e. The summed E-state index contributed by atoms with van der Waals surface area (Å²) in [5.41, 5.74) is 5.87. The van der Waals surface area contributed by atoms with E-state index in [1.807, 2.05) is 0 Å². The Hall–Kier alpha value is -1.10. The number of carboxylic acids is 1. The van der Waals surface area contributed by atoms with Crippen LogP contribution in [0.3, 0.4) is 0 Å². The quantitative estimate of drug-likeness (QED) is 0.669. The smallest absolute Gasteiger partial charge is 0.308 e. The third kappa shape index (κ3) is 2.60. The summed E-state index contributed by atoms with van der Waals surface area (Å²) in [7, 11) is 0. The van der Waals surface area contributed by atoms with Crippen molar-refractivity contribution >= 4 is 11.9 Å². The van der Waals surface area contributed by atoms with Crippen LogP contribution in [0.5, 0.6) is 0 Å². The number of hydrogen-bond acceptors (Lipinski definition) is 3. The first-order valence-electron chi connectivity index (χ1n) is 6.38. The van der Waals surface area contributed by atoms with Crippen molar-refractivity contribution in [1.82, 2.24) is 5.32 Å². The molecule has 4 unspecified atom stereocenters. The molecule has 0 radical (unpaired) electrons. The van der Waals surface area contributed by atoms with Gasteiger partial charge in [-0.2, -0.15) is 0 Å². The molecule has 96 valence electrons. The molecule has 4 N–H and O–H groups in total. The van der Waals surface area contributed by atoms with Crippen LogP contribution in [0.4, 0.5) is 0 Å². The van der Waals surface area contributed by atoms with Gasteiger partial charge in [0.2, 0.25) is 5.91 Å². The third-order valence-electron chi connectivity index (χ3n) is 4.07. The van der Waals surface area contributed by atoms with Gasteiger partial charge in [0, 0.05) is 12.1 Å². The van der Waals surface area contributed by atoms with Crippen molar-refractivity contribution < 1.29 is 14.7 Å². The van der Waals surface area contributed by atoms with Gasteiger partial charge in [0.15, 0.2) is 0 Å². The Kier molecular flexibility index (Phi) is 3.66. The number of carboxylic acid groups (broad SMARTS) is 1. The van der Waals surface area contributed by atoms with Crippen molar-refractivity contribution in [1.29, 1.82) is 0 Å². The molecule has 2 rings (SSSR count). The lowest BCUT2D eigenvalue weighted by atomic mass is 10.00. The van der Waals surface area contributed by atoms with Crippen LogP contribution in [0.25, 0.3) is 0 Å². The van der Waals surface area contributed by atoms with E-state index in [1.54, 1.807) is 0 Å². The highest BCUT2D eigenvalue weighted by Crippen LogP contribution is 2.28. The molecule has 17 heavy (non-hydrogen) atoms. The van der Waals surface area contributed by atoms with Gasteiger partial charge in [0.1, 0.15) is 0 Å². The zero-order chi connectivity index (χ0) is 12.4. The number of carbonyl (C=O) groups excluding carboxylic acids is 1. The Morgan fingerprint density at radius 1 is 1.06 bits per heavy atom. The van der Waals surface area contributed by atoms with Gasteiger partial charge in [-0.3, -0.25) is 9.59 Å². The van der Waals surface area contributed by atoms with Gasteiger partial charge in [0.05, 0.1) is 11.8 Å². The predicted octanol–water partition coefficient (Wildman–Crippen LogP) is 0.483. The zero-order valence-corrected chi connectivity index (χ0v) is 9.89. The fourth-order valence-corrected chi connectivity index (χ4v) is 3.03.